The van der Waals surface area contributed by atoms with Crippen molar-refractivity contribution in [2.75, 3.05) is 0 Å². The summed E-state index contributed by atoms with van der Waals surface area (Å²) in [6.07, 6.45) is 8.83. The van der Waals surface area contributed by atoms with Gasteiger partial charge in [0.05, 0.1) is 6.42 Å². The van der Waals surface area contributed by atoms with Crippen LogP contribution in [0.2, 0.25) is 0 Å². The molecule has 2 N–H and O–H groups in total. The fraction of sp³-hybridized carbons (Fsp3) is 0.533. The van der Waals surface area contributed by atoms with Crippen molar-refractivity contribution in [2.45, 2.75) is 50.5 Å². The molecule has 5 heteroatoms. The van der Waals surface area contributed by atoms with Crippen molar-refractivity contribution in [1.29, 1.82) is 0 Å². The smallest absolute Gasteiger partial charge is 0.228 e. The molecule has 0 radical (unpaired) electrons. The third-order valence-corrected chi connectivity index (χ3v) is 3.93. The summed E-state index contributed by atoms with van der Waals surface area (Å²) >= 11 is 0. The Labute approximate surface area is 118 Å². The molecule has 0 spiro atoms. The molecule has 2 aromatic rings. The van der Waals surface area contributed by atoms with Crippen LogP contribution >= 0.6 is 0 Å². The van der Waals surface area contributed by atoms with Gasteiger partial charge in [-0.1, -0.05) is 30.5 Å². The first-order valence-corrected chi connectivity index (χ1v) is 7.24. The molecule has 2 aromatic heterocycles. The predicted molar refractivity (Wildman–Crippen MR) is 75.0 cm³/mol. The van der Waals surface area contributed by atoms with E-state index in [4.69, 9.17) is 10.3 Å². The summed E-state index contributed by atoms with van der Waals surface area (Å²) in [7, 11) is 0. The summed E-state index contributed by atoms with van der Waals surface area (Å²) < 4.78 is 5.34. The van der Waals surface area contributed by atoms with Gasteiger partial charge < -0.3 is 10.3 Å². The quantitative estimate of drug-likeness (QED) is 0.923. The van der Waals surface area contributed by atoms with Gasteiger partial charge in [0.15, 0.2) is 5.82 Å². The molecule has 1 fully saturated rings. The normalized spacial score (nSPS) is 18.1. The van der Waals surface area contributed by atoms with Crippen molar-refractivity contribution in [2.24, 2.45) is 5.73 Å². The summed E-state index contributed by atoms with van der Waals surface area (Å²) in [5.74, 6) is 1.33. The van der Waals surface area contributed by atoms with E-state index in [2.05, 4.69) is 15.1 Å². The minimum atomic E-state index is -0.160. The second kappa shape index (κ2) is 5.71. The number of hydrogen-bond acceptors (Lipinski definition) is 5. The van der Waals surface area contributed by atoms with Crippen molar-refractivity contribution in [3.05, 3.63) is 41.8 Å². The van der Waals surface area contributed by atoms with Crippen molar-refractivity contribution >= 4 is 0 Å². The predicted octanol–water partition coefficient (Wildman–Crippen LogP) is 2.26. The summed E-state index contributed by atoms with van der Waals surface area (Å²) in [4.78, 5) is 8.71. The fourth-order valence-electron chi connectivity index (χ4n) is 2.83. The topological polar surface area (TPSA) is 77.8 Å². The number of nitrogens with zero attached hydrogens (tertiary/aromatic N) is 3. The van der Waals surface area contributed by atoms with E-state index >= 15 is 0 Å². The summed E-state index contributed by atoms with van der Waals surface area (Å²) in [5.41, 5.74) is 7.20. The van der Waals surface area contributed by atoms with E-state index in [0.717, 1.165) is 18.5 Å². The van der Waals surface area contributed by atoms with E-state index in [1.54, 1.807) is 6.20 Å². The van der Waals surface area contributed by atoms with Gasteiger partial charge in [-0.15, -0.1) is 0 Å². The van der Waals surface area contributed by atoms with Crippen LogP contribution in [0.4, 0.5) is 0 Å². The third-order valence-electron chi connectivity index (χ3n) is 3.93. The molecular formula is C15H20N4O. The molecule has 1 saturated carbocycles. The van der Waals surface area contributed by atoms with Crippen LogP contribution in [-0.2, 0) is 12.8 Å². The van der Waals surface area contributed by atoms with Crippen LogP contribution in [0.3, 0.4) is 0 Å². The largest absolute Gasteiger partial charge is 0.339 e. The molecular weight excluding hydrogens is 252 g/mol. The van der Waals surface area contributed by atoms with Gasteiger partial charge in [0.25, 0.3) is 0 Å². The Morgan fingerprint density at radius 1 is 1.20 bits per heavy atom. The molecule has 2 heterocycles. The van der Waals surface area contributed by atoms with E-state index in [0.29, 0.717) is 24.6 Å². The van der Waals surface area contributed by atoms with Crippen molar-refractivity contribution in [1.82, 2.24) is 15.1 Å². The first-order valence-electron chi connectivity index (χ1n) is 7.24. The zero-order chi connectivity index (χ0) is 13.8. The molecule has 20 heavy (non-hydrogen) atoms. The monoisotopic (exact) mass is 272 g/mol. The third kappa shape index (κ3) is 3.22. The zero-order valence-electron chi connectivity index (χ0n) is 11.6. The molecule has 1 aliphatic carbocycles. The number of hydrogen-bond donors (Lipinski definition) is 1. The average molecular weight is 272 g/mol. The van der Waals surface area contributed by atoms with E-state index in [-0.39, 0.29) is 5.54 Å². The van der Waals surface area contributed by atoms with Crippen LogP contribution < -0.4 is 5.73 Å². The summed E-state index contributed by atoms with van der Waals surface area (Å²) in [6.45, 7) is 0. The van der Waals surface area contributed by atoms with Crippen LogP contribution in [0.25, 0.3) is 0 Å². The molecule has 3 rings (SSSR count). The first-order chi connectivity index (χ1) is 9.73. The Hall–Kier alpha value is -1.75. The fourth-order valence-corrected chi connectivity index (χ4v) is 2.83. The van der Waals surface area contributed by atoms with Gasteiger partial charge in [0.2, 0.25) is 5.89 Å². The van der Waals surface area contributed by atoms with E-state index in [1.807, 2.05) is 18.2 Å². The lowest BCUT2D eigenvalue weighted by molar-refractivity contribution is 0.260. The van der Waals surface area contributed by atoms with Gasteiger partial charge in [-0.05, 0) is 25.0 Å². The molecule has 5 nitrogen and oxygen atoms in total. The molecule has 0 aromatic carbocycles. The van der Waals surface area contributed by atoms with Crippen molar-refractivity contribution in [3.8, 4) is 0 Å². The molecule has 0 amide bonds. The highest BCUT2D eigenvalue weighted by atomic mass is 16.5. The Bertz CT molecular complexity index is 546. The number of rotatable bonds is 4. The van der Waals surface area contributed by atoms with Crippen LogP contribution in [0.1, 0.15) is 49.5 Å². The summed E-state index contributed by atoms with van der Waals surface area (Å²) in [6, 6.07) is 5.81. The molecule has 0 unspecified atom stereocenters. The second-order valence-corrected chi connectivity index (χ2v) is 5.70. The highest BCUT2D eigenvalue weighted by Crippen LogP contribution is 2.28. The van der Waals surface area contributed by atoms with Gasteiger partial charge in [-0.2, -0.15) is 4.98 Å². The highest BCUT2D eigenvalue weighted by Gasteiger charge is 2.29. The lowest BCUT2D eigenvalue weighted by Crippen LogP contribution is -2.43. The number of pyridine rings is 1. The van der Waals surface area contributed by atoms with Gasteiger partial charge in [0.1, 0.15) is 0 Å². The van der Waals surface area contributed by atoms with E-state index in [9.17, 15) is 0 Å². The van der Waals surface area contributed by atoms with Gasteiger partial charge in [-0.25, -0.2) is 0 Å². The minimum absolute atomic E-state index is 0.160. The maximum absolute atomic E-state index is 6.41. The SMILES string of the molecule is NC1(Cc2nc(Cc3ccccn3)no2)CCCCC1. The Kier molecular flexibility index (Phi) is 3.78. The molecule has 0 bridgehead atoms. The lowest BCUT2D eigenvalue weighted by Gasteiger charge is -2.31. The first kappa shape index (κ1) is 13.2. The molecule has 1 aliphatic rings. The van der Waals surface area contributed by atoms with Crippen molar-refractivity contribution < 1.29 is 4.52 Å². The van der Waals surface area contributed by atoms with E-state index in [1.165, 1.54) is 19.3 Å². The molecule has 0 saturated heterocycles. The Morgan fingerprint density at radius 2 is 2.05 bits per heavy atom. The average Bonchev–Trinajstić information content (AvgIpc) is 2.87. The van der Waals surface area contributed by atoms with E-state index < -0.39 is 0 Å². The standard InChI is InChI=1S/C15H20N4O/c16-15(7-3-1-4-8-15)11-14-18-13(19-20-14)10-12-6-2-5-9-17-12/h2,5-6,9H,1,3-4,7-8,10-11,16H2. The second-order valence-electron chi connectivity index (χ2n) is 5.70. The minimum Gasteiger partial charge on any atom is -0.339 e. The van der Waals surface area contributed by atoms with Gasteiger partial charge in [-0.3, -0.25) is 4.98 Å². The van der Waals surface area contributed by atoms with Crippen LogP contribution in [0, 0.1) is 0 Å². The van der Waals surface area contributed by atoms with Crippen molar-refractivity contribution in [3.63, 3.8) is 0 Å². The van der Waals surface area contributed by atoms with Gasteiger partial charge in [0, 0.05) is 23.9 Å². The highest BCUT2D eigenvalue weighted by molar-refractivity contribution is 5.09. The Balaban J connectivity index is 1.65. The molecule has 0 atom stereocenters. The van der Waals surface area contributed by atoms with Gasteiger partial charge >= 0.3 is 0 Å². The molecule has 0 aliphatic heterocycles. The number of aromatic nitrogens is 3. The maximum Gasteiger partial charge on any atom is 0.228 e. The van der Waals surface area contributed by atoms with Crippen LogP contribution in [0.15, 0.2) is 28.9 Å². The van der Waals surface area contributed by atoms with Crippen LogP contribution in [-0.4, -0.2) is 20.7 Å². The maximum atomic E-state index is 6.41. The molecule has 106 valence electrons. The lowest BCUT2D eigenvalue weighted by atomic mass is 9.80. The van der Waals surface area contributed by atoms with Crippen LogP contribution in [0.5, 0.6) is 0 Å². The number of nitrogens with two attached hydrogens (primary N) is 1. The zero-order valence-corrected chi connectivity index (χ0v) is 11.6. The Morgan fingerprint density at radius 3 is 2.80 bits per heavy atom. The summed E-state index contributed by atoms with van der Waals surface area (Å²) in [5, 5.41) is 4.03.